The number of ether oxygens (including phenoxy) is 1. The van der Waals surface area contributed by atoms with Gasteiger partial charge in [-0.1, -0.05) is 18.2 Å². The number of nitrogens with one attached hydrogen (secondary N) is 1. The molecule has 0 amide bonds. The highest BCUT2D eigenvalue weighted by Crippen LogP contribution is 2.31. The van der Waals surface area contributed by atoms with Crippen molar-refractivity contribution in [3.63, 3.8) is 0 Å². The standard InChI is InChI=1S/C15H18N2O/c1-10-7-8-14(18-3)13(9-10)17-12-6-4-5-11(2)15(12)16/h4-9,17H,16H2,1-3H3. The number of nitrogens with two attached hydrogens (primary N) is 1. The first-order chi connectivity index (χ1) is 8.61. The lowest BCUT2D eigenvalue weighted by molar-refractivity contribution is 0.416. The molecule has 0 heterocycles. The molecule has 0 aliphatic carbocycles. The van der Waals surface area contributed by atoms with Crippen molar-refractivity contribution in [3.8, 4) is 5.75 Å². The maximum atomic E-state index is 6.06. The van der Waals surface area contributed by atoms with E-state index < -0.39 is 0 Å². The predicted molar refractivity (Wildman–Crippen MR) is 76.6 cm³/mol. The third-order valence-electron chi connectivity index (χ3n) is 2.95. The SMILES string of the molecule is COc1ccc(C)cc1Nc1cccc(C)c1N. The van der Waals surface area contributed by atoms with Gasteiger partial charge in [-0.05, 0) is 43.2 Å². The minimum Gasteiger partial charge on any atom is -0.495 e. The van der Waals surface area contributed by atoms with Crippen molar-refractivity contribution in [2.45, 2.75) is 13.8 Å². The quantitative estimate of drug-likeness (QED) is 0.808. The summed E-state index contributed by atoms with van der Waals surface area (Å²) in [4.78, 5) is 0. The molecule has 0 radical (unpaired) electrons. The zero-order valence-electron chi connectivity index (χ0n) is 10.9. The lowest BCUT2D eigenvalue weighted by Gasteiger charge is -2.14. The summed E-state index contributed by atoms with van der Waals surface area (Å²) in [5.74, 6) is 0.807. The molecule has 2 aromatic carbocycles. The Morgan fingerprint density at radius 2 is 1.83 bits per heavy atom. The monoisotopic (exact) mass is 242 g/mol. The van der Waals surface area contributed by atoms with Gasteiger partial charge >= 0.3 is 0 Å². The van der Waals surface area contributed by atoms with Gasteiger partial charge in [0.15, 0.2) is 0 Å². The van der Waals surface area contributed by atoms with Crippen LogP contribution in [0.4, 0.5) is 17.1 Å². The van der Waals surface area contributed by atoms with E-state index in [1.165, 1.54) is 5.56 Å². The van der Waals surface area contributed by atoms with Crippen molar-refractivity contribution in [1.82, 2.24) is 0 Å². The molecule has 18 heavy (non-hydrogen) atoms. The van der Waals surface area contributed by atoms with E-state index in [0.717, 1.165) is 28.4 Å². The fourth-order valence-electron chi connectivity index (χ4n) is 1.85. The molecule has 0 aromatic heterocycles. The second-order valence-electron chi connectivity index (χ2n) is 4.36. The molecule has 0 bridgehead atoms. The number of hydrogen-bond donors (Lipinski definition) is 2. The highest BCUT2D eigenvalue weighted by atomic mass is 16.5. The number of para-hydroxylation sites is 1. The summed E-state index contributed by atoms with van der Waals surface area (Å²) in [6, 6.07) is 11.9. The normalized spacial score (nSPS) is 10.2. The van der Waals surface area contributed by atoms with Crippen LogP contribution >= 0.6 is 0 Å². The number of aryl methyl sites for hydroxylation is 2. The van der Waals surface area contributed by atoms with Crippen LogP contribution in [0.5, 0.6) is 5.75 Å². The summed E-state index contributed by atoms with van der Waals surface area (Å²) >= 11 is 0. The maximum Gasteiger partial charge on any atom is 0.142 e. The van der Waals surface area contributed by atoms with E-state index in [4.69, 9.17) is 10.5 Å². The molecule has 0 aliphatic rings. The zero-order valence-corrected chi connectivity index (χ0v) is 10.9. The number of hydrogen-bond acceptors (Lipinski definition) is 3. The van der Waals surface area contributed by atoms with Crippen LogP contribution in [0.3, 0.4) is 0 Å². The molecule has 2 rings (SSSR count). The molecule has 0 saturated carbocycles. The second kappa shape index (κ2) is 5.00. The Balaban J connectivity index is 2.39. The number of benzene rings is 2. The predicted octanol–water partition coefficient (Wildman–Crippen LogP) is 3.64. The Hall–Kier alpha value is -2.16. The lowest BCUT2D eigenvalue weighted by atomic mass is 10.1. The van der Waals surface area contributed by atoms with Gasteiger partial charge in [-0.2, -0.15) is 0 Å². The smallest absolute Gasteiger partial charge is 0.142 e. The van der Waals surface area contributed by atoms with Crippen LogP contribution in [-0.2, 0) is 0 Å². The largest absolute Gasteiger partial charge is 0.495 e. The molecule has 3 N–H and O–H groups in total. The summed E-state index contributed by atoms with van der Waals surface area (Å²) in [5.41, 5.74) is 10.9. The lowest BCUT2D eigenvalue weighted by Crippen LogP contribution is -2.00. The molecule has 94 valence electrons. The average molecular weight is 242 g/mol. The van der Waals surface area contributed by atoms with Gasteiger partial charge in [0.05, 0.1) is 24.2 Å². The molecule has 0 atom stereocenters. The van der Waals surface area contributed by atoms with Gasteiger partial charge in [-0.3, -0.25) is 0 Å². The molecule has 0 aliphatic heterocycles. The Morgan fingerprint density at radius 1 is 1.06 bits per heavy atom. The molecule has 0 fully saturated rings. The second-order valence-corrected chi connectivity index (χ2v) is 4.36. The highest BCUT2D eigenvalue weighted by Gasteiger charge is 2.06. The highest BCUT2D eigenvalue weighted by molar-refractivity contribution is 5.77. The summed E-state index contributed by atoms with van der Waals surface area (Å²) in [5, 5.41) is 3.32. The van der Waals surface area contributed by atoms with Crippen LogP contribution in [0.1, 0.15) is 11.1 Å². The minimum absolute atomic E-state index is 0.765. The fourth-order valence-corrected chi connectivity index (χ4v) is 1.85. The van der Waals surface area contributed by atoms with E-state index in [9.17, 15) is 0 Å². The van der Waals surface area contributed by atoms with Gasteiger partial charge in [0, 0.05) is 0 Å². The van der Waals surface area contributed by atoms with E-state index in [-0.39, 0.29) is 0 Å². The topological polar surface area (TPSA) is 47.3 Å². The molecular weight excluding hydrogens is 224 g/mol. The van der Waals surface area contributed by atoms with E-state index in [2.05, 4.69) is 5.32 Å². The first kappa shape index (κ1) is 12.3. The zero-order chi connectivity index (χ0) is 13.1. The molecular formula is C15H18N2O. The third kappa shape index (κ3) is 2.40. The van der Waals surface area contributed by atoms with Gasteiger partial charge in [-0.25, -0.2) is 0 Å². The summed E-state index contributed by atoms with van der Waals surface area (Å²) in [7, 11) is 1.66. The molecule has 0 unspecified atom stereocenters. The molecule has 2 aromatic rings. The van der Waals surface area contributed by atoms with Crippen LogP contribution in [0.25, 0.3) is 0 Å². The Morgan fingerprint density at radius 3 is 2.56 bits per heavy atom. The van der Waals surface area contributed by atoms with E-state index in [1.54, 1.807) is 7.11 Å². The third-order valence-corrected chi connectivity index (χ3v) is 2.95. The van der Waals surface area contributed by atoms with E-state index >= 15 is 0 Å². The van der Waals surface area contributed by atoms with Gasteiger partial charge in [-0.15, -0.1) is 0 Å². The fraction of sp³-hybridized carbons (Fsp3) is 0.200. The van der Waals surface area contributed by atoms with Crippen molar-refractivity contribution in [3.05, 3.63) is 47.5 Å². The number of methoxy groups -OCH3 is 1. The van der Waals surface area contributed by atoms with Gasteiger partial charge in [0.1, 0.15) is 5.75 Å². The van der Waals surface area contributed by atoms with Crippen molar-refractivity contribution >= 4 is 17.1 Å². The maximum absolute atomic E-state index is 6.06. The van der Waals surface area contributed by atoms with E-state index in [0.29, 0.717) is 0 Å². The number of anilines is 3. The van der Waals surface area contributed by atoms with Crippen LogP contribution in [0.15, 0.2) is 36.4 Å². The molecule has 3 heteroatoms. The molecule has 0 saturated heterocycles. The van der Waals surface area contributed by atoms with Crippen molar-refractivity contribution in [2.24, 2.45) is 0 Å². The van der Waals surface area contributed by atoms with Crippen molar-refractivity contribution in [2.75, 3.05) is 18.2 Å². The number of rotatable bonds is 3. The van der Waals surface area contributed by atoms with Crippen LogP contribution in [0.2, 0.25) is 0 Å². The van der Waals surface area contributed by atoms with Crippen LogP contribution in [-0.4, -0.2) is 7.11 Å². The van der Waals surface area contributed by atoms with Gasteiger partial charge in [0.25, 0.3) is 0 Å². The Labute approximate surface area is 108 Å². The first-order valence-electron chi connectivity index (χ1n) is 5.88. The van der Waals surface area contributed by atoms with Gasteiger partial charge < -0.3 is 15.8 Å². The minimum atomic E-state index is 0.765. The average Bonchev–Trinajstić information content (AvgIpc) is 2.35. The van der Waals surface area contributed by atoms with Crippen molar-refractivity contribution in [1.29, 1.82) is 0 Å². The van der Waals surface area contributed by atoms with Gasteiger partial charge in [0.2, 0.25) is 0 Å². The summed E-state index contributed by atoms with van der Waals surface area (Å²) in [6.07, 6.45) is 0. The molecule has 0 spiro atoms. The van der Waals surface area contributed by atoms with E-state index in [1.807, 2.05) is 50.2 Å². The molecule has 3 nitrogen and oxygen atoms in total. The number of nitrogen functional groups attached to an aromatic ring is 1. The van der Waals surface area contributed by atoms with Crippen molar-refractivity contribution < 1.29 is 4.74 Å². The Kier molecular flexibility index (Phi) is 3.42. The summed E-state index contributed by atoms with van der Waals surface area (Å²) in [6.45, 7) is 4.04. The van der Waals surface area contributed by atoms with Crippen LogP contribution < -0.4 is 15.8 Å². The summed E-state index contributed by atoms with van der Waals surface area (Å²) < 4.78 is 5.34. The van der Waals surface area contributed by atoms with Crippen LogP contribution in [0, 0.1) is 13.8 Å². The Bertz CT molecular complexity index is 564. The first-order valence-corrected chi connectivity index (χ1v) is 5.88.